The fourth-order valence-corrected chi connectivity index (χ4v) is 4.68. The first-order valence-corrected chi connectivity index (χ1v) is 12.1. The molecular weight excluding hydrogens is 432 g/mol. The van der Waals surface area contributed by atoms with Crippen molar-refractivity contribution in [2.75, 3.05) is 17.7 Å². The molecular formula is C24H28ClN2O3S-. The number of allylic oxidation sites excluding steroid dienone is 1. The minimum atomic E-state index is -1.57. The summed E-state index contributed by atoms with van der Waals surface area (Å²) in [7, 11) is -1.57. The van der Waals surface area contributed by atoms with Crippen molar-refractivity contribution in [1.82, 2.24) is 0 Å². The summed E-state index contributed by atoms with van der Waals surface area (Å²) in [6, 6.07) is 11.1. The number of nitrogens with one attached hydrogen (secondary N) is 1. The van der Waals surface area contributed by atoms with E-state index in [-0.39, 0.29) is 5.92 Å². The number of nitrogens with zero attached hydrogens (tertiary/aromatic N) is 1. The minimum absolute atomic E-state index is 0.158. The van der Waals surface area contributed by atoms with E-state index in [2.05, 4.69) is 16.3 Å². The lowest BCUT2D eigenvalue weighted by Gasteiger charge is -2.15. The standard InChI is InChI=1S/C24H28ClN2O3S/c1-3-6-17(2)16-31(29)27-24(28)19-9-11-23-22(14-19)26-15-20-8-10-21(25)13-18(20)7-4-5-12-30-23/h3,8-11,13-14,17,26H,1,4-7,12,15-16H2,2H3/q-1/t17-/m0/s1. The van der Waals surface area contributed by atoms with Crippen LogP contribution in [0, 0.1) is 5.92 Å². The molecule has 166 valence electrons. The number of carbonyl (C=O) groups is 1. The summed E-state index contributed by atoms with van der Waals surface area (Å²) in [5, 5.41) is 4.12. The topological polar surface area (TPSA) is 67.8 Å². The maximum atomic E-state index is 12.6. The lowest BCUT2D eigenvalue weighted by atomic mass is 10.0. The Hall–Kier alpha value is -2.31. The van der Waals surface area contributed by atoms with E-state index in [4.69, 9.17) is 16.3 Å². The number of benzene rings is 2. The fraction of sp³-hybridized carbons (Fsp3) is 0.375. The second kappa shape index (κ2) is 11.3. The number of fused-ring (bicyclic) bond motifs is 2. The van der Waals surface area contributed by atoms with Gasteiger partial charge in [0.15, 0.2) is 0 Å². The van der Waals surface area contributed by atoms with E-state index >= 15 is 0 Å². The molecule has 0 bridgehead atoms. The molecule has 0 radical (unpaired) electrons. The van der Waals surface area contributed by atoms with Gasteiger partial charge in [0, 0.05) is 17.1 Å². The number of carbonyl (C=O) groups excluding carboxylic acids is 1. The van der Waals surface area contributed by atoms with E-state index in [0.29, 0.717) is 30.2 Å². The van der Waals surface area contributed by atoms with Crippen LogP contribution >= 0.6 is 11.6 Å². The quantitative estimate of drug-likeness (QED) is 0.429. The van der Waals surface area contributed by atoms with Crippen LogP contribution in [0.3, 0.4) is 0 Å². The van der Waals surface area contributed by atoms with Gasteiger partial charge in [-0.3, -0.25) is 4.79 Å². The number of halogens is 1. The van der Waals surface area contributed by atoms with Crippen molar-refractivity contribution in [1.29, 1.82) is 0 Å². The molecule has 7 heteroatoms. The molecule has 0 aromatic heterocycles. The zero-order valence-corrected chi connectivity index (χ0v) is 19.3. The Kier molecular flexibility index (Phi) is 8.55. The number of aryl methyl sites for hydroxylation is 1. The molecule has 31 heavy (non-hydrogen) atoms. The molecule has 5 nitrogen and oxygen atoms in total. The summed E-state index contributed by atoms with van der Waals surface area (Å²) < 4.78 is 22.0. The summed E-state index contributed by atoms with van der Waals surface area (Å²) in [5.74, 6) is 0.694. The maximum Gasteiger partial charge on any atom is 0.254 e. The number of amides is 1. The van der Waals surface area contributed by atoms with E-state index in [9.17, 15) is 9.00 Å². The summed E-state index contributed by atoms with van der Waals surface area (Å²) >= 11 is 6.18. The molecule has 0 aliphatic carbocycles. The lowest BCUT2D eigenvalue weighted by Crippen LogP contribution is -2.07. The monoisotopic (exact) mass is 459 g/mol. The molecule has 1 heterocycles. The zero-order valence-electron chi connectivity index (χ0n) is 17.7. The molecule has 1 amide bonds. The molecule has 0 saturated carbocycles. The molecule has 1 atom stereocenters. The third kappa shape index (κ3) is 6.84. The van der Waals surface area contributed by atoms with Crippen molar-refractivity contribution in [2.24, 2.45) is 10.3 Å². The first-order chi connectivity index (χ1) is 15.0. The van der Waals surface area contributed by atoms with Crippen LogP contribution in [0.25, 0.3) is 0 Å². The second-order valence-electron chi connectivity index (χ2n) is 7.80. The van der Waals surface area contributed by atoms with Gasteiger partial charge in [-0.05, 0) is 67.1 Å². The Morgan fingerprint density at radius 3 is 2.94 bits per heavy atom. The van der Waals surface area contributed by atoms with Gasteiger partial charge in [0.2, 0.25) is 0 Å². The van der Waals surface area contributed by atoms with Crippen LogP contribution in [-0.4, -0.2) is 18.3 Å². The van der Waals surface area contributed by atoms with Crippen molar-refractivity contribution >= 4 is 33.8 Å². The SMILES string of the molecule is C=CC[C@H](C)C[S-](=O)=NC(=O)c1ccc2c(c1)NCc1ccc(Cl)cc1CCCCO2. The first kappa shape index (κ1) is 23.4. The molecule has 1 aliphatic heterocycles. The third-order valence-electron chi connectivity index (χ3n) is 5.14. The van der Waals surface area contributed by atoms with E-state index in [1.807, 2.05) is 25.1 Å². The number of anilines is 1. The molecule has 0 spiro atoms. The molecule has 0 saturated heterocycles. The average molecular weight is 460 g/mol. The number of hydrogen-bond donors (Lipinski definition) is 1. The number of hydrogen-bond acceptors (Lipinski definition) is 5. The summed E-state index contributed by atoms with van der Waals surface area (Å²) in [5.41, 5.74) is 3.48. The van der Waals surface area contributed by atoms with Crippen molar-refractivity contribution in [2.45, 2.75) is 39.2 Å². The largest absolute Gasteiger partial charge is 0.491 e. The van der Waals surface area contributed by atoms with E-state index in [1.54, 1.807) is 24.3 Å². The Morgan fingerprint density at radius 1 is 1.29 bits per heavy atom. The van der Waals surface area contributed by atoms with Crippen LogP contribution in [0.1, 0.15) is 47.7 Å². The molecule has 1 N–H and O–H groups in total. The van der Waals surface area contributed by atoms with Gasteiger partial charge in [0.25, 0.3) is 5.91 Å². The average Bonchev–Trinajstić information content (AvgIpc) is 2.76. The summed E-state index contributed by atoms with van der Waals surface area (Å²) in [6.07, 6.45) is 5.39. The smallest absolute Gasteiger partial charge is 0.254 e. The van der Waals surface area contributed by atoms with Crippen LogP contribution in [-0.2, 0) is 27.8 Å². The van der Waals surface area contributed by atoms with Crippen LogP contribution < -0.4 is 10.1 Å². The summed E-state index contributed by atoms with van der Waals surface area (Å²) in [4.78, 5) is 12.6. The van der Waals surface area contributed by atoms with Crippen molar-refractivity contribution in [3.63, 3.8) is 0 Å². The highest BCUT2D eigenvalue weighted by Gasteiger charge is 2.12. The zero-order chi connectivity index (χ0) is 22.2. The highest BCUT2D eigenvalue weighted by molar-refractivity contribution is 7.75. The van der Waals surface area contributed by atoms with Crippen LogP contribution in [0.5, 0.6) is 5.75 Å². The predicted octanol–water partition coefficient (Wildman–Crippen LogP) is 6.17. The van der Waals surface area contributed by atoms with Crippen molar-refractivity contribution in [3.05, 3.63) is 70.8 Å². The predicted molar refractivity (Wildman–Crippen MR) is 127 cm³/mol. The maximum absolute atomic E-state index is 12.6. The van der Waals surface area contributed by atoms with Gasteiger partial charge in [0.1, 0.15) is 5.75 Å². The molecule has 3 rings (SSSR count). The van der Waals surface area contributed by atoms with Gasteiger partial charge in [-0.25, -0.2) is 0 Å². The van der Waals surface area contributed by atoms with E-state index < -0.39 is 16.5 Å². The van der Waals surface area contributed by atoms with Crippen LogP contribution in [0.4, 0.5) is 5.69 Å². The highest BCUT2D eigenvalue weighted by Crippen LogP contribution is 2.29. The number of ether oxygens (including phenoxy) is 1. The Balaban J connectivity index is 1.82. The van der Waals surface area contributed by atoms with Gasteiger partial charge in [-0.15, -0.1) is 6.58 Å². The lowest BCUT2D eigenvalue weighted by molar-refractivity contribution is 0.100. The summed E-state index contributed by atoms with van der Waals surface area (Å²) in [6.45, 7) is 6.83. The Labute approximate surface area is 191 Å². The van der Waals surface area contributed by atoms with E-state index in [0.717, 1.165) is 42.0 Å². The van der Waals surface area contributed by atoms with Gasteiger partial charge in [-0.1, -0.05) is 42.3 Å². The Bertz CT molecular complexity index is 1030. The fourth-order valence-electron chi connectivity index (χ4n) is 3.50. The number of rotatable bonds is 5. The van der Waals surface area contributed by atoms with Gasteiger partial charge < -0.3 is 18.6 Å². The van der Waals surface area contributed by atoms with Crippen LogP contribution in [0.15, 0.2) is 53.4 Å². The van der Waals surface area contributed by atoms with Gasteiger partial charge in [-0.2, -0.15) is 10.6 Å². The van der Waals surface area contributed by atoms with Crippen molar-refractivity contribution in [3.8, 4) is 5.75 Å². The molecule has 2 aromatic rings. The second-order valence-corrected chi connectivity index (χ2v) is 9.39. The first-order valence-electron chi connectivity index (χ1n) is 10.5. The molecule has 0 fully saturated rings. The van der Waals surface area contributed by atoms with Crippen LogP contribution in [0.2, 0.25) is 5.02 Å². The molecule has 1 aliphatic rings. The van der Waals surface area contributed by atoms with Gasteiger partial charge >= 0.3 is 0 Å². The normalized spacial score (nSPS) is 15.9. The highest BCUT2D eigenvalue weighted by atomic mass is 35.5. The van der Waals surface area contributed by atoms with Gasteiger partial charge in [0.05, 0.1) is 12.3 Å². The third-order valence-corrected chi connectivity index (χ3v) is 6.60. The molecule has 0 unspecified atom stereocenters. The Morgan fingerprint density at radius 2 is 2.13 bits per heavy atom. The minimum Gasteiger partial charge on any atom is -0.491 e. The van der Waals surface area contributed by atoms with Crippen molar-refractivity contribution < 1.29 is 13.7 Å². The van der Waals surface area contributed by atoms with E-state index in [1.165, 1.54) is 5.56 Å². The molecule has 2 aromatic carbocycles.